The number of piperidine rings is 2. The molecule has 2 fully saturated rings. The molecule has 2 saturated heterocycles. The Morgan fingerprint density at radius 3 is 2.71 bits per heavy atom. The van der Waals surface area contributed by atoms with Gasteiger partial charge in [-0.3, -0.25) is 9.46 Å². The van der Waals surface area contributed by atoms with Crippen LogP contribution in [-0.4, -0.2) is 48.0 Å². The highest BCUT2D eigenvalue weighted by Gasteiger charge is 2.25. The molecule has 0 saturated carbocycles. The van der Waals surface area contributed by atoms with E-state index in [1.54, 1.807) is 0 Å². The third kappa shape index (κ3) is 3.73. The van der Waals surface area contributed by atoms with E-state index < -0.39 is 0 Å². The van der Waals surface area contributed by atoms with Crippen molar-refractivity contribution in [3.8, 4) is 0 Å². The Balaban J connectivity index is 1.75. The van der Waals surface area contributed by atoms with E-state index in [4.69, 9.17) is 5.41 Å². The third-order valence-electron chi connectivity index (χ3n) is 3.49. The number of nitrogens with zero attached hydrogens (tertiary/aromatic N) is 1. The van der Waals surface area contributed by atoms with Crippen molar-refractivity contribution in [2.24, 2.45) is 0 Å². The lowest BCUT2D eigenvalue weighted by atomic mass is 10.0. The Morgan fingerprint density at radius 1 is 1.41 bits per heavy atom. The van der Waals surface area contributed by atoms with Gasteiger partial charge in [0.05, 0.1) is 6.04 Å². The molecule has 0 radical (unpaired) electrons. The second-order valence-corrected chi connectivity index (χ2v) is 5.62. The molecule has 0 aliphatic carbocycles. The quantitative estimate of drug-likeness (QED) is 0.615. The molecular formula is C11H21N4OP. The summed E-state index contributed by atoms with van der Waals surface area (Å²) in [6.07, 6.45) is 3.55. The number of carbonyl (C=O) groups excluding carboxylic acids is 1. The van der Waals surface area contributed by atoms with Crippen LogP contribution >= 0.6 is 9.39 Å². The van der Waals surface area contributed by atoms with Crippen LogP contribution < -0.4 is 10.6 Å². The fraction of sp³-hybridized carbons (Fsp3) is 0.818. The zero-order valence-electron chi connectivity index (χ0n) is 10.0. The molecule has 17 heavy (non-hydrogen) atoms. The van der Waals surface area contributed by atoms with Crippen molar-refractivity contribution in [3.05, 3.63) is 0 Å². The Hall–Kier alpha value is -0.510. The highest BCUT2D eigenvalue weighted by molar-refractivity contribution is 7.13. The third-order valence-corrected chi connectivity index (χ3v) is 4.01. The van der Waals surface area contributed by atoms with Gasteiger partial charge >= 0.3 is 0 Å². The second-order valence-electron chi connectivity index (χ2n) is 4.89. The Labute approximate surface area is 104 Å². The van der Waals surface area contributed by atoms with Crippen LogP contribution in [0.25, 0.3) is 0 Å². The molecule has 2 heterocycles. The number of hydrogen-bond acceptors (Lipinski definition) is 4. The molecule has 2 aliphatic rings. The van der Waals surface area contributed by atoms with Crippen LogP contribution in [0.1, 0.15) is 25.7 Å². The van der Waals surface area contributed by atoms with Gasteiger partial charge in [0, 0.05) is 31.4 Å². The maximum atomic E-state index is 12.0. The molecule has 0 aromatic rings. The first-order chi connectivity index (χ1) is 8.15. The van der Waals surface area contributed by atoms with Crippen molar-refractivity contribution in [1.82, 2.24) is 15.3 Å². The highest BCUT2D eigenvalue weighted by Crippen LogP contribution is 2.14. The van der Waals surface area contributed by atoms with Gasteiger partial charge in [-0.25, -0.2) is 0 Å². The van der Waals surface area contributed by atoms with Crippen LogP contribution in [0.4, 0.5) is 0 Å². The van der Waals surface area contributed by atoms with E-state index in [0.717, 1.165) is 38.8 Å². The van der Waals surface area contributed by atoms with Crippen molar-refractivity contribution in [2.75, 3.05) is 19.6 Å². The lowest BCUT2D eigenvalue weighted by Crippen LogP contribution is -2.52. The summed E-state index contributed by atoms with van der Waals surface area (Å²) in [5.41, 5.74) is 0.699. The number of hydrogen-bond donors (Lipinski definition) is 3. The van der Waals surface area contributed by atoms with Gasteiger partial charge in [-0.1, -0.05) is 9.39 Å². The summed E-state index contributed by atoms with van der Waals surface area (Å²) in [6, 6.07) is 0.223. The zero-order chi connectivity index (χ0) is 12.3. The summed E-state index contributed by atoms with van der Waals surface area (Å²) < 4.78 is 2.21. The number of rotatable bonds is 2. The minimum atomic E-state index is -0.0990. The van der Waals surface area contributed by atoms with E-state index in [1.807, 2.05) is 0 Å². The van der Waals surface area contributed by atoms with Gasteiger partial charge in [-0.05, 0) is 25.7 Å². The molecule has 6 heteroatoms. The molecule has 2 aliphatic heterocycles. The Morgan fingerprint density at radius 2 is 2.12 bits per heavy atom. The Bertz CT molecular complexity index is 292. The van der Waals surface area contributed by atoms with E-state index in [0.29, 0.717) is 18.3 Å². The topological polar surface area (TPSA) is 68.2 Å². The van der Waals surface area contributed by atoms with E-state index in [-0.39, 0.29) is 11.9 Å². The largest absolute Gasteiger partial charge is 0.352 e. The Kier molecular flexibility index (Phi) is 4.48. The smallest absolute Gasteiger partial charge is 0.237 e. The minimum Gasteiger partial charge on any atom is -0.352 e. The molecule has 1 unspecified atom stereocenters. The van der Waals surface area contributed by atoms with E-state index in [2.05, 4.69) is 24.7 Å². The summed E-state index contributed by atoms with van der Waals surface area (Å²) in [5, 5.41) is 13.7. The van der Waals surface area contributed by atoms with Crippen molar-refractivity contribution in [1.29, 1.82) is 5.41 Å². The fourth-order valence-corrected chi connectivity index (χ4v) is 2.62. The van der Waals surface area contributed by atoms with Crippen LogP contribution in [0.3, 0.4) is 0 Å². The van der Waals surface area contributed by atoms with Crippen molar-refractivity contribution in [2.45, 2.75) is 37.8 Å². The highest BCUT2D eigenvalue weighted by atomic mass is 31.0. The molecule has 96 valence electrons. The van der Waals surface area contributed by atoms with Gasteiger partial charge in [0.1, 0.15) is 0 Å². The van der Waals surface area contributed by atoms with E-state index >= 15 is 0 Å². The lowest BCUT2D eigenvalue weighted by molar-refractivity contribution is -0.124. The summed E-state index contributed by atoms with van der Waals surface area (Å²) in [6.45, 7) is 2.61. The molecule has 3 N–H and O–H groups in total. The summed E-state index contributed by atoms with van der Waals surface area (Å²) in [7, 11) is 2.71. The van der Waals surface area contributed by atoms with Gasteiger partial charge in [0.25, 0.3) is 0 Å². The standard InChI is InChI=1S/C11H21N4OP/c12-8-1-2-10(13-7-8)11(16)14-9-3-5-15(17)6-4-9/h9-10,12-13H,1-7,17H2,(H,14,16)/t10-/m0/s1. The number of amides is 1. The minimum absolute atomic E-state index is 0.0990. The average molecular weight is 256 g/mol. The van der Waals surface area contributed by atoms with E-state index in [9.17, 15) is 4.79 Å². The van der Waals surface area contributed by atoms with E-state index in [1.165, 1.54) is 0 Å². The van der Waals surface area contributed by atoms with Crippen LogP contribution in [0.2, 0.25) is 0 Å². The maximum Gasteiger partial charge on any atom is 0.237 e. The second kappa shape index (κ2) is 5.89. The summed E-state index contributed by atoms with van der Waals surface area (Å²) in [5.74, 6) is 0.111. The first kappa shape index (κ1) is 12.9. The SMILES string of the molecule is N=C1CC[C@@H](C(=O)NC2CCN(P)CC2)NC1. The monoisotopic (exact) mass is 256 g/mol. The molecular weight excluding hydrogens is 235 g/mol. The fourth-order valence-electron chi connectivity index (χ4n) is 2.32. The van der Waals surface area contributed by atoms with Gasteiger partial charge in [0.2, 0.25) is 5.91 Å². The normalized spacial score (nSPS) is 28.1. The maximum absolute atomic E-state index is 12.0. The van der Waals surface area contributed by atoms with Crippen LogP contribution in [-0.2, 0) is 4.79 Å². The summed E-state index contributed by atoms with van der Waals surface area (Å²) >= 11 is 0. The molecule has 2 atom stereocenters. The molecule has 0 bridgehead atoms. The molecule has 1 amide bonds. The average Bonchev–Trinajstić information content (AvgIpc) is 2.33. The molecule has 0 aromatic carbocycles. The van der Waals surface area contributed by atoms with Crippen molar-refractivity contribution < 1.29 is 4.79 Å². The van der Waals surface area contributed by atoms with Gasteiger partial charge in [0.15, 0.2) is 0 Å². The van der Waals surface area contributed by atoms with Gasteiger partial charge in [-0.15, -0.1) is 0 Å². The first-order valence-electron chi connectivity index (χ1n) is 6.25. The predicted octanol–water partition coefficient (Wildman–Crippen LogP) is 0.129. The molecule has 0 spiro atoms. The predicted molar refractivity (Wildman–Crippen MR) is 71.2 cm³/mol. The van der Waals surface area contributed by atoms with Crippen LogP contribution in [0, 0.1) is 5.41 Å². The number of nitrogens with one attached hydrogen (secondary N) is 3. The van der Waals surface area contributed by atoms with Gasteiger partial charge in [-0.2, -0.15) is 0 Å². The first-order valence-corrected chi connectivity index (χ1v) is 6.76. The van der Waals surface area contributed by atoms with Gasteiger partial charge < -0.3 is 16.0 Å². The lowest BCUT2D eigenvalue weighted by Gasteiger charge is -2.31. The zero-order valence-corrected chi connectivity index (χ0v) is 11.2. The summed E-state index contributed by atoms with van der Waals surface area (Å²) in [4.78, 5) is 12.0. The molecule has 5 nitrogen and oxygen atoms in total. The molecule has 2 rings (SSSR count). The van der Waals surface area contributed by atoms with Crippen LogP contribution in [0.5, 0.6) is 0 Å². The van der Waals surface area contributed by atoms with Crippen molar-refractivity contribution in [3.63, 3.8) is 0 Å². The van der Waals surface area contributed by atoms with Crippen LogP contribution in [0.15, 0.2) is 0 Å². The number of carbonyl (C=O) groups is 1. The van der Waals surface area contributed by atoms with Crippen molar-refractivity contribution >= 4 is 21.0 Å². The molecule has 0 aromatic heterocycles.